The summed E-state index contributed by atoms with van der Waals surface area (Å²) in [5, 5.41) is 18.7. The number of nitriles is 2. The van der Waals surface area contributed by atoms with Crippen LogP contribution >= 0.6 is 11.3 Å². The minimum atomic E-state index is -4.41. The van der Waals surface area contributed by atoms with Gasteiger partial charge in [-0.25, -0.2) is 0 Å². The maximum absolute atomic E-state index is 12.2. The fourth-order valence-electron chi connectivity index (χ4n) is 0.955. The number of allylic oxidation sites excluding steroid dienone is 1. The van der Waals surface area contributed by atoms with Crippen LogP contribution in [0.2, 0.25) is 0 Å². The first kappa shape index (κ1) is 12.3. The summed E-state index contributed by atoms with van der Waals surface area (Å²) in [6.07, 6.45) is -3.53. The van der Waals surface area contributed by atoms with E-state index in [0.29, 0.717) is 0 Å². The Kier molecular flexibility index (Phi) is 3.36. The average molecular weight is 242 g/mol. The first-order valence-corrected chi connectivity index (χ1v) is 4.95. The molecule has 1 aromatic rings. The number of nitrogens with zero attached hydrogens (tertiary/aromatic N) is 2. The molecule has 0 aromatic carbocycles. The normalized spacial score (nSPS) is 12.0. The first-order chi connectivity index (χ1) is 7.40. The minimum absolute atomic E-state index is 0.00361. The quantitative estimate of drug-likeness (QED) is 0.757. The molecule has 0 radical (unpaired) electrons. The average Bonchev–Trinajstić information content (AvgIpc) is 2.58. The number of halogens is 3. The number of thiophene rings is 1. The van der Waals surface area contributed by atoms with Crippen LogP contribution in [0.5, 0.6) is 0 Å². The summed E-state index contributed by atoms with van der Waals surface area (Å²) < 4.78 is 36.7. The Bertz CT molecular complexity index is 512. The molecule has 1 heterocycles. The summed E-state index contributed by atoms with van der Waals surface area (Å²) in [6.45, 7) is 0.924. The molecule has 6 heteroatoms. The van der Waals surface area contributed by atoms with E-state index in [1.54, 1.807) is 12.1 Å². The fourth-order valence-corrected chi connectivity index (χ4v) is 1.89. The van der Waals surface area contributed by atoms with Crippen molar-refractivity contribution in [2.45, 2.75) is 13.1 Å². The molecule has 0 saturated heterocycles. The van der Waals surface area contributed by atoms with Crippen molar-refractivity contribution in [2.75, 3.05) is 0 Å². The third kappa shape index (κ3) is 2.41. The van der Waals surface area contributed by atoms with Crippen molar-refractivity contribution in [3.63, 3.8) is 0 Å². The molecular weight excluding hydrogens is 237 g/mol. The minimum Gasteiger partial charge on any atom is -0.192 e. The largest absolute Gasteiger partial charge is 0.412 e. The highest BCUT2D eigenvalue weighted by molar-refractivity contribution is 7.11. The molecule has 0 atom stereocenters. The topological polar surface area (TPSA) is 47.6 Å². The molecule has 0 saturated carbocycles. The van der Waals surface area contributed by atoms with Crippen LogP contribution in [0.1, 0.15) is 22.9 Å². The summed E-state index contributed by atoms with van der Waals surface area (Å²) in [5.74, 6) is 0. The van der Waals surface area contributed by atoms with Gasteiger partial charge in [0.1, 0.15) is 12.1 Å². The fraction of sp³-hybridized carbons (Fsp3) is 0.200. The number of hydrogen-bond acceptors (Lipinski definition) is 3. The Labute approximate surface area is 93.9 Å². The standard InChI is InChI=1S/C10H5F3N2S/c1-6(10(11,12)13)2-9-8(4-15)7(3-14)5-16-9/h2,5H,1H3/b6-2-. The van der Waals surface area contributed by atoms with Crippen molar-refractivity contribution < 1.29 is 13.2 Å². The summed E-state index contributed by atoms with van der Waals surface area (Å²) in [5.41, 5.74) is -0.694. The van der Waals surface area contributed by atoms with E-state index >= 15 is 0 Å². The summed E-state index contributed by atoms with van der Waals surface area (Å²) in [7, 11) is 0. The molecule has 0 N–H and O–H groups in total. The van der Waals surface area contributed by atoms with E-state index in [1.165, 1.54) is 5.38 Å². The second kappa shape index (κ2) is 4.38. The van der Waals surface area contributed by atoms with Crippen LogP contribution < -0.4 is 0 Å². The lowest BCUT2D eigenvalue weighted by Gasteiger charge is -2.05. The van der Waals surface area contributed by atoms with E-state index in [-0.39, 0.29) is 16.0 Å². The van der Waals surface area contributed by atoms with E-state index in [9.17, 15) is 13.2 Å². The molecule has 0 aliphatic rings. The molecular formula is C10H5F3N2S. The number of rotatable bonds is 1. The molecule has 0 unspecified atom stereocenters. The molecule has 0 fully saturated rings. The Balaban J connectivity index is 3.24. The third-order valence-corrected chi connectivity index (χ3v) is 2.78. The van der Waals surface area contributed by atoms with Gasteiger partial charge in [-0.15, -0.1) is 11.3 Å². The molecule has 16 heavy (non-hydrogen) atoms. The maximum atomic E-state index is 12.2. The Morgan fingerprint density at radius 3 is 2.44 bits per heavy atom. The second-order valence-corrected chi connectivity index (χ2v) is 3.85. The molecule has 1 rings (SSSR count). The lowest BCUT2D eigenvalue weighted by atomic mass is 10.1. The molecule has 0 aliphatic carbocycles. The molecule has 0 aliphatic heterocycles. The van der Waals surface area contributed by atoms with E-state index in [4.69, 9.17) is 10.5 Å². The van der Waals surface area contributed by atoms with Gasteiger partial charge in [0.05, 0.1) is 11.1 Å². The van der Waals surface area contributed by atoms with Gasteiger partial charge in [0.25, 0.3) is 0 Å². The van der Waals surface area contributed by atoms with Crippen molar-refractivity contribution in [3.05, 3.63) is 27.0 Å². The van der Waals surface area contributed by atoms with Crippen molar-refractivity contribution >= 4 is 17.4 Å². The highest BCUT2D eigenvalue weighted by Crippen LogP contribution is 2.30. The summed E-state index contributed by atoms with van der Waals surface area (Å²) in [4.78, 5) is 0.161. The first-order valence-electron chi connectivity index (χ1n) is 4.07. The van der Waals surface area contributed by atoms with Gasteiger partial charge in [-0.1, -0.05) is 0 Å². The zero-order valence-corrected chi connectivity index (χ0v) is 8.91. The van der Waals surface area contributed by atoms with Gasteiger partial charge < -0.3 is 0 Å². The van der Waals surface area contributed by atoms with Crippen LogP contribution in [0.3, 0.4) is 0 Å². The Hall–Kier alpha value is -1.79. The SMILES string of the molecule is C/C(=C/c1scc(C#N)c1C#N)C(F)(F)F. The van der Waals surface area contributed by atoms with Crippen LogP contribution in [0.15, 0.2) is 11.0 Å². The molecule has 0 amide bonds. The Morgan fingerprint density at radius 2 is 2.00 bits per heavy atom. The van der Waals surface area contributed by atoms with E-state index in [0.717, 1.165) is 24.3 Å². The van der Waals surface area contributed by atoms with Crippen LogP contribution in [0, 0.1) is 22.7 Å². The highest BCUT2D eigenvalue weighted by atomic mass is 32.1. The molecule has 2 nitrogen and oxygen atoms in total. The van der Waals surface area contributed by atoms with E-state index in [2.05, 4.69) is 0 Å². The van der Waals surface area contributed by atoms with Gasteiger partial charge in [-0.3, -0.25) is 0 Å². The molecule has 0 spiro atoms. The summed E-state index contributed by atoms with van der Waals surface area (Å²) in [6, 6.07) is 3.48. The second-order valence-electron chi connectivity index (χ2n) is 2.94. The maximum Gasteiger partial charge on any atom is 0.412 e. The predicted molar refractivity (Wildman–Crippen MR) is 53.5 cm³/mol. The molecule has 1 aromatic heterocycles. The van der Waals surface area contributed by atoms with Gasteiger partial charge in [0.15, 0.2) is 0 Å². The lowest BCUT2D eigenvalue weighted by molar-refractivity contribution is -0.0903. The number of alkyl halides is 3. The van der Waals surface area contributed by atoms with Gasteiger partial charge in [-0.2, -0.15) is 23.7 Å². The number of hydrogen-bond donors (Lipinski definition) is 0. The van der Waals surface area contributed by atoms with Crippen molar-refractivity contribution in [1.82, 2.24) is 0 Å². The van der Waals surface area contributed by atoms with Crippen molar-refractivity contribution in [3.8, 4) is 12.1 Å². The zero-order chi connectivity index (χ0) is 12.3. The van der Waals surface area contributed by atoms with Crippen LogP contribution in [0.4, 0.5) is 13.2 Å². The monoisotopic (exact) mass is 242 g/mol. The summed E-state index contributed by atoms with van der Waals surface area (Å²) >= 11 is 0.948. The van der Waals surface area contributed by atoms with Gasteiger partial charge in [0.2, 0.25) is 0 Å². The molecule has 0 bridgehead atoms. The zero-order valence-electron chi connectivity index (χ0n) is 8.09. The Morgan fingerprint density at radius 1 is 1.38 bits per heavy atom. The molecule has 82 valence electrons. The van der Waals surface area contributed by atoms with Crippen LogP contribution in [-0.2, 0) is 0 Å². The van der Waals surface area contributed by atoms with E-state index in [1.807, 2.05) is 0 Å². The lowest BCUT2D eigenvalue weighted by Crippen LogP contribution is -2.08. The van der Waals surface area contributed by atoms with Gasteiger partial charge in [-0.05, 0) is 13.0 Å². The van der Waals surface area contributed by atoms with Crippen molar-refractivity contribution in [2.24, 2.45) is 0 Å². The predicted octanol–water partition coefficient (Wildman–Crippen LogP) is 3.46. The van der Waals surface area contributed by atoms with Crippen molar-refractivity contribution in [1.29, 1.82) is 10.5 Å². The van der Waals surface area contributed by atoms with Crippen LogP contribution in [0.25, 0.3) is 6.08 Å². The third-order valence-electron chi connectivity index (χ3n) is 1.85. The van der Waals surface area contributed by atoms with Gasteiger partial charge in [0, 0.05) is 15.8 Å². The smallest absolute Gasteiger partial charge is 0.192 e. The highest BCUT2D eigenvalue weighted by Gasteiger charge is 2.30. The van der Waals surface area contributed by atoms with E-state index < -0.39 is 11.7 Å². The van der Waals surface area contributed by atoms with Crippen LogP contribution in [-0.4, -0.2) is 6.18 Å². The van der Waals surface area contributed by atoms with Gasteiger partial charge >= 0.3 is 6.18 Å².